The summed E-state index contributed by atoms with van der Waals surface area (Å²) in [4.78, 5) is 24.0. The fraction of sp³-hybridized carbons (Fsp3) is 0.667. The van der Waals surface area contributed by atoms with Gasteiger partial charge < -0.3 is 22.1 Å². The molecule has 0 aromatic carbocycles. The minimum Gasteiger partial charge on any atom is -0.370 e. The summed E-state index contributed by atoms with van der Waals surface area (Å²) in [6, 6.07) is 0. The molecule has 0 radical (unpaired) electrons. The van der Waals surface area contributed by atoms with Crippen LogP contribution in [0.2, 0.25) is 0 Å². The van der Waals surface area contributed by atoms with Gasteiger partial charge >= 0.3 is 0 Å². The molecule has 114 valence electrons. The zero-order valence-electron chi connectivity index (χ0n) is 12.1. The van der Waals surface area contributed by atoms with Gasteiger partial charge in [-0.1, -0.05) is 27.2 Å². The topological polar surface area (TPSA) is 134 Å². The van der Waals surface area contributed by atoms with E-state index in [2.05, 4.69) is 22.1 Å². The highest BCUT2D eigenvalue weighted by atomic mass is 32.1. The average molecular weight is 301 g/mol. The molecule has 7 nitrogen and oxygen atoms in total. The summed E-state index contributed by atoms with van der Waals surface area (Å²) >= 11 is 4.80. The molecule has 7 N–H and O–H groups in total. The van der Waals surface area contributed by atoms with Crippen LogP contribution in [-0.2, 0) is 9.59 Å². The Morgan fingerprint density at radius 1 is 1.30 bits per heavy atom. The van der Waals surface area contributed by atoms with Gasteiger partial charge in [0.25, 0.3) is 0 Å². The SMILES string of the molecule is CCCC(C)C1(CC)C(=O)NC(=S)NC1=O.N=C(N)N. The standard InChI is InChI=1S/C11H18N2O2S.CH5N3/c1-4-6-7(3)11(5-2)8(14)12-10(16)13-9(11)15;2-1(3)4/h7H,4-6H2,1-3H3,(H2,12,13,14,15,16);(H5,2,3,4). The molecule has 1 unspecified atom stereocenters. The van der Waals surface area contributed by atoms with Crippen molar-refractivity contribution in [3.05, 3.63) is 0 Å². The fourth-order valence-corrected chi connectivity index (χ4v) is 2.55. The van der Waals surface area contributed by atoms with Crippen molar-refractivity contribution >= 4 is 35.1 Å². The molecule has 1 atom stereocenters. The van der Waals surface area contributed by atoms with Crippen molar-refractivity contribution in [3.8, 4) is 0 Å². The van der Waals surface area contributed by atoms with Crippen LogP contribution in [0.5, 0.6) is 0 Å². The van der Waals surface area contributed by atoms with Crippen molar-refractivity contribution in [1.82, 2.24) is 10.6 Å². The van der Waals surface area contributed by atoms with Gasteiger partial charge in [0.2, 0.25) is 11.8 Å². The van der Waals surface area contributed by atoms with Gasteiger partial charge in [-0.2, -0.15) is 0 Å². The number of thiocarbonyl (C=S) groups is 1. The fourth-order valence-electron chi connectivity index (χ4n) is 2.36. The Kier molecular flexibility index (Phi) is 7.12. The van der Waals surface area contributed by atoms with Crippen LogP contribution in [0.15, 0.2) is 0 Å². The van der Waals surface area contributed by atoms with E-state index in [1.54, 1.807) is 0 Å². The smallest absolute Gasteiger partial charge is 0.242 e. The first-order valence-electron chi connectivity index (χ1n) is 6.48. The van der Waals surface area contributed by atoms with Crippen LogP contribution in [0.4, 0.5) is 0 Å². The van der Waals surface area contributed by atoms with E-state index in [1.807, 2.05) is 20.8 Å². The molecule has 0 aliphatic carbocycles. The molecule has 1 saturated heterocycles. The first kappa shape index (κ1) is 18.3. The van der Waals surface area contributed by atoms with Gasteiger partial charge in [0.1, 0.15) is 5.41 Å². The van der Waals surface area contributed by atoms with Crippen molar-refractivity contribution in [2.24, 2.45) is 22.8 Å². The quantitative estimate of drug-likeness (QED) is 0.219. The monoisotopic (exact) mass is 301 g/mol. The number of guanidine groups is 1. The molecule has 0 saturated carbocycles. The van der Waals surface area contributed by atoms with Gasteiger partial charge in [0, 0.05) is 0 Å². The number of carbonyl (C=O) groups is 2. The summed E-state index contributed by atoms with van der Waals surface area (Å²) in [6.07, 6.45) is 2.30. The highest BCUT2D eigenvalue weighted by molar-refractivity contribution is 7.80. The molecule has 0 aromatic rings. The highest BCUT2D eigenvalue weighted by Gasteiger charge is 2.51. The summed E-state index contributed by atoms with van der Waals surface area (Å²) in [5.74, 6) is -0.833. The van der Waals surface area contributed by atoms with Crippen molar-refractivity contribution < 1.29 is 9.59 Å². The third kappa shape index (κ3) is 4.16. The summed E-state index contributed by atoms with van der Waals surface area (Å²) in [5.41, 5.74) is 7.98. The third-order valence-electron chi connectivity index (χ3n) is 3.39. The van der Waals surface area contributed by atoms with Gasteiger partial charge in [-0.3, -0.25) is 15.0 Å². The first-order chi connectivity index (χ1) is 9.22. The van der Waals surface area contributed by atoms with Crippen molar-refractivity contribution in [2.75, 3.05) is 0 Å². The van der Waals surface area contributed by atoms with Crippen LogP contribution in [0, 0.1) is 16.7 Å². The Balaban J connectivity index is 0.000000796. The van der Waals surface area contributed by atoms with Gasteiger partial charge in [-0.15, -0.1) is 0 Å². The second kappa shape index (κ2) is 7.78. The van der Waals surface area contributed by atoms with Crippen LogP contribution in [0.25, 0.3) is 0 Å². The summed E-state index contributed by atoms with van der Waals surface area (Å²) in [5, 5.41) is 11.3. The molecule has 0 aromatic heterocycles. The predicted octanol–water partition coefficient (Wildman–Crippen LogP) is 0.188. The number of hydrogen-bond donors (Lipinski definition) is 5. The summed E-state index contributed by atoms with van der Waals surface area (Å²) < 4.78 is 0. The second-order valence-electron chi connectivity index (χ2n) is 4.71. The van der Waals surface area contributed by atoms with E-state index in [4.69, 9.17) is 17.6 Å². The Bertz CT molecular complexity index is 387. The maximum atomic E-state index is 12.0. The summed E-state index contributed by atoms with van der Waals surface area (Å²) in [7, 11) is 0. The molecule has 1 fully saturated rings. The number of rotatable bonds is 4. The lowest BCUT2D eigenvalue weighted by molar-refractivity contribution is -0.147. The van der Waals surface area contributed by atoms with Gasteiger partial charge in [0.15, 0.2) is 11.1 Å². The van der Waals surface area contributed by atoms with Gasteiger partial charge in [0.05, 0.1) is 0 Å². The molecule has 1 aliphatic rings. The molecular weight excluding hydrogens is 278 g/mol. The van der Waals surface area contributed by atoms with E-state index >= 15 is 0 Å². The van der Waals surface area contributed by atoms with E-state index in [-0.39, 0.29) is 28.8 Å². The lowest BCUT2D eigenvalue weighted by atomic mass is 9.70. The number of nitrogens with two attached hydrogens (primary N) is 2. The van der Waals surface area contributed by atoms with E-state index in [0.29, 0.717) is 6.42 Å². The van der Waals surface area contributed by atoms with E-state index < -0.39 is 5.41 Å². The Morgan fingerprint density at radius 2 is 1.70 bits per heavy atom. The van der Waals surface area contributed by atoms with Crippen LogP contribution in [0.1, 0.15) is 40.0 Å². The van der Waals surface area contributed by atoms with Crippen LogP contribution in [0.3, 0.4) is 0 Å². The first-order valence-corrected chi connectivity index (χ1v) is 6.89. The molecule has 0 spiro atoms. The normalized spacial score (nSPS) is 18.2. The Hall–Kier alpha value is -1.70. The van der Waals surface area contributed by atoms with Crippen LogP contribution >= 0.6 is 12.2 Å². The van der Waals surface area contributed by atoms with Crippen molar-refractivity contribution in [2.45, 2.75) is 40.0 Å². The zero-order valence-corrected chi connectivity index (χ0v) is 12.9. The average Bonchev–Trinajstić information content (AvgIpc) is 2.28. The maximum Gasteiger partial charge on any atom is 0.242 e. The van der Waals surface area contributed by atoms with Crippen LogP contribution < -0.4 is 22.1 Å². The minimum absolute atomic E-state index is 0.0191. The van der Waals surface area contributed by atoms with Crippen molar-refractivity contribution in [1.29, 1.82) is 5.41 Å². The van der Waals surface area contributed by atoms with E-state index in [0.717, 1.165) is 12.8 Å². The lowest BCUT2D eigenvalue weighted by Crippen LogP contribution is -2.64. The largest absolute Gasteiger partial charge is 0.370 e. The van der Waals surface area contributed by atoms with Gasteiger partial charge in [-0.25, -0.2) is 0 Å². The minimum atomic E-state index is -0.960. The third-order valence-corrected chi connectivity index (χ3v) is 3.59. The summed E-state index contributed by atoms with van der Waals surface area (Å²) in [6.45, 7) is 5.85. The maximum absolute atomic E-state index is 12.0. The molecule has 2 amide bonds. The molecule has 20 heavy (non-hydrogen) atoms. The molecular formula is C12H23N5O2S. The molecule has 8 heteroatoms. The molecule has 1 heterocycles. The lowest BCUT2D eigenvalue weighted by Gasteiger charge is -2.38. The van der Waals surface area contributed by atoms with Crippen LogP contribution in [-0.4, -0.2) is 22.9 Å². The van der Waals surface area contributed by atoms with E-state index in [9.17, 15) is 9.59 Å². The molecule has 1 rings (SSSR count). The Labute approximate surface area is 124 Å². The van der Waals surface area contributed by atoms with E-state index in [1.165, 1.54) is 0 Å². The zero-order chi connectivity index (χ0) is 15.9. The number of hydrogen-bond acceptors (Lipinski definition) is 4. The molecule has 0 bridgehead atoms. The Morgan fingerprint density at radius 3 is 2.00 bits per heavy atom. The van der Waals surface area contributed by atoms with Gasteiger partial charge in [-0.05, 0) is 31.0 Å². The number of nitrogens with one attached hydrogen (secondary N) is 3. The molecule has 1 aliphatic heterocycles. The highest BCUT2D eigenvalue weighted by Crippen LogP contribution is 2.36. The number of carbonyl (C=O) groups excluding carboxylic acids is 2. The predicted molar refractivity (Wildman–Crippen MR) is 81.8 cm³/mol. The van der Waals surface area contributed by atoms with Crippen molar-refractivity contribution in [3.63, 3.8) is 0 Å². The second-order valence-corrected chi connectivity index (χ2v) is 5.12. The number of amides is 2.